The molecule has 0 radical (unpaired) electrons. The van der Waals surface area contributed by atoms with E-state index in [9.17, 15) is 4.79 Å². The Morgan fingerprint density at radius 2 is 2.12 bits per heavy atom. The average molecular weight is 220 g/mol. The quantitative estimate of drug-likeness (QED) is 0.688. The molecule has 0 saturated heterocycles. The van der Waals surface area contributed by atoms with Crippen LogP contribution in [0.25, 0.3) is 0 Å². The van der Waals surface area contributed by atoms with E-state index < -0.39 is 0 Å². The molecule has 2 rings (SSSR count). The van der Waals surface area contributed by atoms with E-state index in [0.29, 0.717) is 19.1 Å². The highest BCUT2D eigenvalue weighted by molar-refractivity contribution is 5.58. The van der Waals surface area contributed by atoms with Gasteiger partial charge in [0.05, 0.1) is 20.3 Å². The fourth-order valence-corrected chi connectivity index (χ4v) is 1.68. The highest BCUT2D eigenvalue weighted by Crippen LogP contribution is 2.36. The topological polar surface area (TPSA) is 35.5 Å². The Balaban J connectivity index is 1.71. The van der Waals surface area contributed by atoms with Crippen LogP contribution in [-0.2, 0) is 16.1 Å². The normalized spacial score (nSPS) is 22.8. The van der Waals surface area contributed by atoms with Crippen LogP contribution in [0.5, 0.6) is 5.75 Å². The third-order valence-corrected chi connectivity index (χ3v) is 2.91. The molecule has 0 aromatic heterocycles. The van der Waals surface area contributed by atoms with Crippen LogP contribution in [0.3, 0.4) is 0 Å². The number of hydrogen-bond donors (Lipinski definition) is 0. The van der Waals surface area contributed by atoms with E-state index in [0.717, 1.165) is 24.0 Å². The minimum Gasteiger partial charge on any atom is -0.497 e. The zero-order valence-electron chi connectivity index (χ0n) is 9.39. The summed E-state index contributed by atoms with van der Waals surface area (Å²) in [5, 5.41) is 0. The molecule has 0 bridgehead atoms. The lowest BCUT2D eigenvalue weighted by molar-refractivity contribution is -0.109. The van der Waals surface area contributed by atoms with Crippen molar-refractivity contribution >= 4 is 6.29 Å². The van der Waals surface area contributed by atoms with Crippen molar-refractivity contribution in [3.8, 4) is 5.75 Å². The minimum absolute atomic E-state index is 0.246. The van der Waals surface area contributed by atoms with Crippen molar-refractivity contribution in [2.45, 2.75) is 13.0 Å². The van der Waals surface area contributed by atoms with Crippen LogP contribution in [0.2, 0.25) is 0 Å². The second kappa shape index (κ2) is 5.12. The summed E-state index contributed by atoms with van der Waals surface area (Å²) in [6, 6.07) is 7.82. The summed E-state index contributed by atoms with van der Waals surface area (Å²) in [5.74, 6) is 1.55. The van der Waals surface area contributed by atoms with Crippen LogP contribution in [0.4, 0.5) is 0 Å². The van der Waals surface area contributed by atoms with Crippen LogP contribution < -0.4 is 4.74 Å². The van der Waals surface area contributed by atoms with Gasteiger partial charge < -0.3 is 14.3 Å². The van der Waals surface area contributed by atoms with Crippen LogP contribution in [0.15, 0.2) is 24.3 Å². The molecular formula is C13H16O3. The van der Waals surface area contributed by atoms with Crippen molar-refractivity contribution in [2.75, 3.05) is 13.7 Å². The zero-order valence-corrected chi connectivity index (χ0v) is 9.39. The highest BCUT2D eigenvalue weighted by Gasteiger charge is 2.36. The van der Waals surface area contributed by atoms with Gasteiger partial charge in [0.15, 0.2) is 0 Å². The lowest BCUT2D eigenvalue weighted by atomic mass is 10.2. The smallest absolute Gasteiger partial charge is 0.123 e. The van der Waals surface area contributed by atoms with Gasteiger partial charge in [-0.3, -0.25) is 0 Å². The Kier molecular flexibility index (Phi) is 3.57. The largest absolute Gasteiger partial charge is 0.497 e. The van der Waals surface area contributed by atoms with Gasteiger partial charge in [-0.2, -0.15) is 0 Å². The third kappa shape index (κ3) is 2.83. The molecule has 0 heterocycles. The fourth-order valence-electron chi connectivity index (χ4n) is 1.68. The van der Waals surface area contributed by atoms with Crippen molar-refractivity contribution in [1.82, 2.24) is 0 Å². The van der Waals surface area contributed by atoms with Gasteiger partial charge in [-0.15, -0.1) is 0 Å². The molecule has 86 valence electrons. The Morgan fingerprint density at radius 1 is 1.38 bits per heavy atom. The van der Waals surface area contributed by atoms with Crippen LogP contribution >= 0.6 is 0 Å². The monoisotopic (exact) mass is 220 g/mol. The predicted molar refractivity (Wildman–Crippen MR) is 60.3 cm³/mol. The molecule has 0 N–H and O–H groups in total. The van der Waals surface area contributed by atoms with E-state index >= 15 is 0 Å². The zero-order chi connectivity index (χ0) is 11.4. The van der Waals surface area contributed by atoms with Gasteiger partial charge in [-0.05, 0) is 30.0 Å². The number of methoxy groups -OCH3 is 1. The first-order valence-electron chi connectivity index (χ1n) is 5.49. The maximum Gasteiger partial charge on any atom is 0.123 e. The number of rotatable bonds is 6. The van der Waals surface area contributed by atoms with E-state index in [1.54, 1.807) is 7.11 Å². The Hall–Kier alpha value is -1.35. The molecule has 0 spiro atoms. The molecule has 1 aliphatic carbocycles. The van der Waals surface area contributed by atoms with Crippen molar-refractivity contribution in [2.24, 2.45) is 11.8 Å². The van der Waals surface area contributed by atoms with Crippen LogP contribution in [0, 0.1) is 11.8 Å². The maximum absolute atomic E-state index is 10.4. The molecule has 0 unspecified atom stereocenters. The number of carbonyl (C=O) groups excluding carboxylic acids is 1. The standard InChI is InChI=1S/C13H16O3/c1-15-13-4-2-10(3-5-13)8-16-9-12-6-11(12)7-14/h2-5,7,11-12H,6,8-9H2,1H3/t11-,12+/m1/s1. The maximum atomic E-state index is 10.4. The van der Waals surface area contributed by atoms with Gasteiger partial charge in [0.25, 0.3) is 0 Å². The van der Waals surface area contributed by atoms with Crippen molar-refractivity contribution < 1.29 is 14.3 Å². The number of ether oxygens (including phenoxy) is 2. The summed E-state index contributed by atoms with van der Waals surface area (Å²) in [5.41, 5.74) is 1.13. The van der Waals surface area contributed by atoms with Crippen LogP contribution in [0.1, 0.15) is 12.0 Å². The van der Waals surface area contributed by atoms with E-state index in [1.165, 1.54) is 0 Å². The summed E-state index contributed by atoms with van der Waals surface area (Å²) < 4.78 is 10.6. The lowest BCUT2D eigenvalue weighted by Crippen LogP contribution is -1.99. The SMILES string of the molecule is COc1ccc(COC[C@@H]2C[C@@H]2C=O)cc1. The minimum atomic E-state index is 0.246. The predicted octanol–water partition coefficient (Wildman–Crippen LogP) is 2.05. The van der Waals surface area contributed by atoms with Crippen molar-refractivity contribution in [3.63, 3.8) is 0 Å². The second-order valence-electron chi connectivity index (χ2n) is 4.16. The first-order chi connectivity index (χ1) is 7.83. The fraction of sp³-hybridized carbons (Fsp3) is 0.462. The molecule has 2 atom stereocenters. The summed E-state index contributed by atoms with van der Waals surface area (Å²) >= 11 is 0. The van der Waals surface area contributed by atoms with Gasteiger partial charge in [0, 0.05) is 5.92 Å². The van der Waals surface area contributed by atoms with Gasteiger partial charge in [0.1, 0.15) is 12.0 Å². The number of aldehydes is 1. The summed E-state index contributed by atoms with van der Waals surface area (Å²) in [6.07, 6.45) is 2.02. The molecule has 1 aromatic rings. The van der Waals surface area contributed by atoms with Crippen molar-refractivity contribution in [1.29, 1.82) is 0 Å². The molecule has 3 heteroatoms. The first kappa shape index (κ1) is 11.1. The highest BCUT2D eigenvalue weighted by atomic mass is 16.5. The van der Waals surface area contributed by atoms with Crippen molar-refractivity contribution in [3.05, 3.63) is 29.8 Å². The summed E-state index contributed by atoms with van der Waals surface area (Å²) in [4.78, 5) is 10.4. The molecule has 1 aromatic carbocycles. The lowest BCUT2D eigenvalue weighted by Gasteiger charge is -2.04. The molecule has 1 fully saturated rings. The first-order valence-corrected chi connectivity index (χ1v) is 5.49. The van der Waals surface area contributed by atoms with E-state index in [1.807, 2.05) is 24.3 Å². The van der Waals surface area contributed by atoms with Gasteiger partial charge in [-0.1, -0.05) is 12.1 Å². The Morgan fingerprint density at radius 3 is 2.69 bits per heavy atom. The average Bonchev–Trinajstić information content (AvgIpc) is 3.09. The Labute approximate surface area is 95.4 Å². The molecule has 3 nitrogen and oxygen atoms in total. The molecule has 1 aliphatic rings. The molecule has 16 heavy (non-hydrogen) atoms. The molecule has 1 saturated carbocycles. The van der Waals surface area contributed by atoms with Gasteiger partial charge in [0.2, 0.25) is 0 Å². The van der Waals surface area contributed by atoms with Gasteiger partial charge in [-0.25, -0.2) is 0 Å². The molecular weight excluding hydrogens is 204 g/mol. The molecule has 0 aliphatic heterocycles. The summed E-state index contributed by atoms with van der Waals surface area (Å²) in [6.45, 7) is 1.29. The third-order valence-electron chi connectivity index (χ3n) is 2.91. The number of carbonyl (C=O) groups is 1. The number of hydrogen-bond acceptors (Lipinski definition) is 3. The van der Waals surface area contributed by atoms with E-state index in [-0.39, 0.29) is 5.92 Å². The number of benzene rings is 1. The van der Waals surface area contributed by atoms with Gasteiger partial charge >= 0.3 is 0 Å². The van der Waals surface area contributed by atoms with E-state index in [4.69, 9.17) is 9.47 Å². The molecule has 0 amide bonds. The Bertz CT molecular complexity index is 345. The van der Waals surface area contributed by atoms with Crippen LogP contribution in [-0.4, -0.2) is 20.0 Å². The summed E-state index contributed by atoms with van der Waals surface area (Å²) in [7, 11) is 1.65. The second-order valence-corrected chi connectivity index (χ2v) is 4.16. The van der Waals surface area contributed by atoms with E-state index in [2.05, 4.69) is 0 Å².